The first kappa shape index (κ1) is 19.0. The molecule has 7 heteroatoms. The molecule has 0 atom stereocenters. The van der Waals surface area contributed by atoms with Gasteiger partial charge in [-0.3, -0.25) is 4.98 Å². The number of aromatic nitrogens is 3. The SMILES string of the molecule is COc1ccc(CNC(=O)N2CC(Cn3c(C)cnc3-c3ccncc3)C2)cc1. The summed E-state index contributed by atoms with van der Waals surface area (Å²) >= 11 is 0. The van der Waals surface area contributed by atoms with Crippen molar-refractivity contribution in [2.45, 2.75) is 20.0 Å². The van der Waals surface area contributed by atoms with Crippen LogP contribution in [-0.2, 0) is 13.1 Å². The molecule has 0 spiro atoms. The van der Waals surface area contributed by atoms with Crippen LogP contribution in [0, 0.1) is 12.8 Å². The van der Waals surface area contributed by atoms with Gasteiger partial charge in [-0.25, -0.2) is 9.78 Å². The first-order valence-electron chi connectivity index (χ1n) is 9.72. The number of likely N-dealkylation sites (tertiary alicyclic amines) is 1. The molecule has 1 aliphatic heterocycles. The van der Waals surface area contributed by atoms with E-state index in [2.05, 4.69) is 26.8 Å². The van der Waals surface area contributed by atoms with Gasteiger partial charge in [-0.05, 0) is 36.8 Å². The van der Waals surface area contributed by atoms with Crippen LogP contribution in [0.25, 0.3) is 11.4 Å². The fourth-order valence-corrected chi connectivity index (χ4v) is 3.57. The van der Waals surface area contributed by atoms with Crippen LogP contribution in [0.1, 0.15) is 11.3 Å². The Kier molecular flexibility index (Phi) is 5.46. The summed E-state index contributed by atoms with van der Waals surface area (Å²) in [4.78, 5) is 22.9. The third-order valence-corrected chi connectivity index (χ3v) is 5.28. The number of methoxy groups -OCH3 is 1. The van der Waals surface area contributed by atoms with Crippen molar-refractivity contribution >= 4 is 6.03 Å². The van der Waals surface area contributed by atoms with E-state index in [4.69, 9.17) is 4.74 Å². The first-order chi connectivity index (χ1) is 14.1. The average molecular weight is 391 g/mol. The third kappa shape index (κ3) is 4.23. The summed E-state index contributed by atoms with van der Waals surface area (Å²) in [5.41, 5.74) is 3.23. The molecule has 2 aromatic heterocycles. The number of pyridine rings is 1. The maximum Gasteiger partial charge on any atom is 0.317 e. The number of hydrogen-bond donors (Lipinski definition) is 1. The van der Waals surface area contributed by atoms with Crippen LogP contribution in [0.5, 0.6) is 5.75 Å². The third-order valence-electron chi connectivity index (χ3n) is 5.28. The fraction of sp³-hybridized carbons (Fsp3) is 0.318. The highest BCUT2D eigenvalue weighted by Gasteiger charge is 2.31. The first-order valence-corrected chi connectivity index (χ1v) is 9.72. The summed E-state index contributed by atoms with van der Waals surface area (Å²) in [5, 5.41) is 2.99. The molecule has 1 aliphatic rings. The minimum atomic E-state index is -0.0196. The molecule has 29 heavy (non-hydrogen) atoms. The molecule has 0 bridgehead atoms. The van der Waals surface area contributed by atoms with Crippen molar-refractivity contribution in [2.75, 3.05) is 20.2 Å². The molecule has 0 aliphatic carbocycles. The van der Waals surface area contributed by atoms with E-state index in [1.807, 2.05) is 47.5 Å². The van der Waals surface area contributed by atoms with Gasteiger partial charge in [-0.2, -0.15) is 0 Å². The summed E-state index contributed by atoms with van der Waals surface area (Å²) in [6.45, 7) is 4.93. The van der Waals surface area contributed by atoms with Gasteiger partial charge in [0.05, 0.1) is 7.11 Å². The monoisotopic (exact) mass is 391 g/mol. The van der Waals surface area contributed by atoms with Gasteiger partial charge in [0.25, 0.3) is 0 Å². The number of urea groups is 1. The van der Waals surface area contributed by atoms with Crippen LogP contribution in [0.4, 0.5) is 4.79 Å². The standard InChI is InChI=1S/C22H25N5O2/c1-16-11-24-21(19-7-9-23-10-8-19)27(16)15-18-13-26(14-18)22(28)25-12-17-3-5-20(29-2)6-4-17/h3-11,18H,12-15H2,1-2H3,(H,25,28). The summed E-state index contributed by atoms with van der Waals surface area (Å²) in [5.74, 6) is 2.19. The van der Waals surface area contributed by atoms with Gasteiger partial charge in [-0.15, -0.1) is 0 Å². The lowest BCUT2D eigenvalue weighted by atomic mass is 10.0. The molecule has 1 saturated heterocycles. The molecular formula is C22H25N5O2. The highest BCUT2D eigenvalue weighted by Crippen LogP contribution is 2.24. The number of benzene rings is 1. The zero-order chi connectivity index (χ0) is 20.2. The molecule has 2 amide bonds. The lowest BCUT2D eigenvalue weighted by Gasteiger charge is -2.39. The number of aryl methyl sites for hydroxylation is 1. The maximum atomic E-state index is 12.4. The number of rotatable bonds is 6. The lowest BCUT2D eigenvalue weighted by molar-refractivity contribution is 0.110. The Morgan fingerprint density at radius 2 is 1.90 bits per heavy atom. The second-order valence-corrected chi connectivity index (χ2v) is 7.35. The van der Waals surface area contributed by atoms with E-state index >= 15 is 0 Å². The minimum absolute atomic E-state index is 0.0196. The zero-order valence-corrected chi connectivity index (χ0v) is 16.7. The minimum Gasteiger partial charge on any atom is -0.497 e. The van der Waals surface area contributed by atoms with E-state index < -0.39 is 0 Å². The molecule has 1 aromatic carbocycles. The molecule has 3 heterocycles. The van der Waals surface area contributed by atoms with Gasteiger partial charge in [0.2, 0.25) is 0 Å². The van der Waals surface area contributed by atoms with Crippen LogP contribution in [0.3, 0.4) is 0 Å². The van der Waals surface area contributed by atoms with E-state index in [1.54, 1.807) is 19.5 Å². The van der Waals surface area contributed by atoms with Gasteiger partial charge in [0.1, 0.15) is 11.6 Å². The number of nitrogens with zero attached hydrogens (tertiary/aromatic N) is 4. The Bertz CT molecular complexity index is 963. The van der Waals surface area contributed by atoms with E-state index in [9.17, 15) is 4.79 Å². The summed E-state index contributed by atoms with van der Waals surface area (Å²) < 4.78 is 7.38. The van der Waals surface area contributed by atoms with Crippen LogP contribution in [0.2, 0.25) is 0 Å². The number of carbonyl (C=O) groups is 1. The highest BCUT2D eigenvalue weighted by atomic mass is 16.5. The smallest absolute Gasteiger partial charge is 0.317 e. The molecule has 7 nitrogen and oxygen atoms in total. The molecule has 1 N–H and O–H groups in total. The van der Waals surface area contributed by atoms with Crippen LogP contribution < -0.4 is 10.1 Å². The maximum absolute atomic E-state index is 12.4. The number of carbonyl (C=O) groups excluding carboxylic acids is 1. The zero-order valence-electron chi connectivity index (χ0n) is 16.7. The quantitative estimate of drug-likeness (QED) is 0.701. The predicted octanol–water partition coefficient (Wildman–Crippen LogP) is 3.10. The van der Waals surface area contributed by atoms with E-state index in [0.29, 0.717) is 12.5 Å². The van der Waals surface area contributed by atoms with E-state index in [-0.39, 0.29) is 6.03 Å². The molecule has 0 unspecified atom stereocenters. The number of nitrogens with one attached hydrogen (secondary N) is 1. The van der Waals surface area contributed by atoms with Crippen molar-refractivity contribution in [3.8, 4) is 17.1 Å². The molecule has 0 saturated carbocycles. The van der Waals surface area contributed by atoms with Gasteiger partial charge in [0.15, 0.2) is 0 Å². The summed E-state index contributed by atoms with van der Waals surface area (Å²) in [6, 6.07) is 11.6. The Labute approximate surface area is 170 Å². The van der Waals surface area contributed by atoms with Crippen molar-refractivity contribution in [1.82, 2.24) is 24.8 Å². The number of hydrogen-bond acceptors (Lipinski definition) is 4. The average Bonchev–Trinajstić information content (AvgIpc) is 3.09. The number of amides is 2. The molecule has 3 aromatic rings. The summed E-state index contributed by atoms with van der Waals surface area (Å²) in [6.07, 6.45) is 5.46. The van der Waals surface area contributed by atoms with Gasteiger partial charge in [0, 0.05) is 61.9 Å². The van der Waals surface area contributed by atoms with Crippen molar-refractivity contribution in [1.29, 1.82) is 0 Å². The van der Waals surface area contributed by atoms with Crippen molar-refractivity contribution in [2.24, 2.45) is 5.92 Å². The Morgan fingerprint density at radius 1 is 1.17 bits per heavy atom. The van der Waals surface area contributed by atoms with Crippen molar-refractivity contribution < 1.29 is 9.53 Å². The Balaban J connectivity index is 1.29. The fourth-order valence-electron chi connectivity index (χ4n) is 3.57. The van der Waals surface area contributed by atoms with Crippen molar-refractivity contribution in [3.05, 3.63) is 66.2 Å². The van der Waals surface area contributed by atoms with Crippen LogP contribution in [0.15, 0.2) is 55.0 Å². The van der Waals surface area contributed by atoms with Gasteiger partial charge < -0.3 is 19.5 Å². The Morgan fingerprint density at radius 3 is 2.59 bits per heavy atom. The second kappa shape index (κ2) is 8.34. The number of imidazole rings is 1. The highest BCUT2D eigenvalue weighted by molar-refractivity contribution is 5.75. The molecular weight excluding hydrogens is 366 g/mol. The number of ether oxygens (including phenoxy) is 1. The molecule has 150 valence electrons. The van der Waals surface area contributed by atoms with Gasteiger partial charge >= 0.3 is 6.03 Å². The van der Waals surface area contributed by atoms with Gasteiger partial charge in [-0.1, -0.05) is 12.1 Å². The molecule has 1 fully saturated rings. The largest absolute Gasteiger partial charge is 0.497 e. The van der Waals surface area contributed by atoms with Crippen LogP contribution in [-0.4, -0.2) is 45.7 Å². The topological polar surface area (TPSA) is 72.3 Å². The summed E-state index contributed by atoms with van der Waals surface area (Å²) in [7, 11) is 1.64. The predicted molar refractivity (Wildman–Crippen MR) is 110 cm³/mol. The normalized spacial score (nSPS) is 13.8. The van der Waals surface area contributed by atoms with E-state index in [1.165, 1.54) is 0 Å². The second-order valence-electron chi connectivity index (χ2n) is 7.35. The molecule has 0 radical (unpaired) electrons. The Hall–Kier alpha value is -3.35. The van der Waals surface area contributed by atoms with E-state index in [0.717, 1.165) is 48.0 Å². The van der Waals surface area contributed by atoms with Crippen LogP contribution >= 0.6 is 0 Å². The van der Waals surface area contributed by atoms with Crippen molar-refractivity contribution in [3.63, 3.8) is 0 Å². The lowest BCUT2D eigenvalue weighted by Crippen LogP contribution is -2.54. The molecule has 4 rings (SSSR count).